The lowest BCUT2D eigenvalue weighted by atomic mass is 10.2. The molecule has 1 aromatic carbocycles. The van der Waals surface area contributed by atoms with Crippen LogP contribution in [0, 0.1) is 0 Å². The highest BCUT2D eigenvalue weighted by atomic mass is 16.1. The van der Waals surface area contributed by atoms with Crippen molar-refractivity contribution in [2.45, 2.75) is 13.0 Å². The van der Waals surface area contributed by atoms with Crippen molar-refractivity contribution in [3.05, 3.63) is 64.7 Å². The Morgan fingerprint density at radius 2 is 1.91 bits per heavy atom. The number of nitrogens with one attached hydrogen (secondary N) is 3. The number of benzene rings is 1. The van der Waals surface area contributed by atoms with Crippen LogP contribution in [0.5, 0.6) is 0 Å². The Labute approximate surface area is 134 Å². The van der Waals surface area contributed by atoms with E-state index in [1.807, 2.05) is 30.5 Å². The van der Waals surface area contributed by atoms with E-state index in [1.165, 1.54) is 5.56 Å². The summed E-state index contributed by atoms with van der Waals surface area (Å²) in [5, 5.41) is 14.8. The number of aromatic amines is 1. The summed E-state index contributed by atoms with van der Waals surface area (Å²) in [5.74, 6) is 0.715. The van der Waals surface area contributed by atoms with E-state index in [0.29, 0.717) is 11.2 Å². The number of hydrogen-bond acceptors (Lipinski definition) is 5. The first-order chi connectivity index (χ1) is 11.3. The van der Waals surface area contributed by atoms with E-state index in [9.17, 15) is 4.79 Å². The van der Waals surface area contributed by atoms with Gasteiger partial charge in [-0.2, -0.15) is 5.10 Å². The molecule has 2 aromatic heterocycles. The van der Waals surface area contributed by atoms with E-state index in [-0.39, 0.29) is 5.56 Å². The van der Waals surface area contributed by atoms with E-state index < -0.39 is 0 Å². The molecule has 0 unspecified atom stereocenters. The quantitative estimate of drug-likeness (QED) is 0.581. The van der Waals surface area contributed by atoms with Crippen molar-refractivity contribution in [1.82, 2.24) is 20.5 Å². The molecule has 0 amide bonds. The number of nitrogens with zero attached hydrogens (tertiary/aromatic N) is 2. The minimum atomic E-state index is -0.163. The summed E-state index contributed by atoms with van der Waals surface area (Å²) in [4.78, 5) is 15.8. The van der Waals surface area contributed by atoms with Gasteiger partial charge in [-0.1, -0.05) is 24.3 Å². The smallest absolute Gasteiger partial charge is 0.272 e. The third-order valence-corrected chi connectivity index (χ3v) is 3.57. The standard InChI is InChI=1S/C17H19N5O/c23-17-15-7-2-1-6-14(15)16(21-22-17)20-10-4-9-19-12-13-5-3-8-18-11-13/h1-3,5-8,11,19H,4,9-10,12H2,(H,20,21)(H,22,23). The van der Waals surface area contributed by atoms with Gasteiger partial charge in [0, 0.05) is 30.9 Å². The van der Waals surface area contributed by atoms with E-state index in [4.69, 9.17) is 0 Å². The predicted octanol–water partition coefficient (Wildman–Crippen LogP) is 1.91. The molecular formula is C17H19N5O. The van der Waals surface area contributed by atoms with Crippen molar-refractivity contribution < 1.29 is 0 Å². The van der Waals surface area contributed by atoms with E-state index in [0.717, 1.165) is 31.4 Å². The second-order valence-corrected chi connectivity index (χ2v) is 5.27. The van der Waals surface area contributed by atoms with Crippen LogP contribution in [0.2, 0.25) is 0 Å². The van der Waals surface area contributed by atoms with Crippen LogP contribution in [-0.4, -0.2) is 28.3 Å². The molecule has 0 radical (unpaired) electrons. The average molecular weight is 309 g/mol. The minimum Gasteiger partial charge on any atom is -0.368 e. The summed E-state index contributed by atoms with van der Waals surface area (Å²) < 4.78 is 0. The van der Waals surface area contributed by atoms with E-state index in [1.54, 1.807) is 12.3 Å². The molecule has 6 heteroatoms. The van der Waals surface area contributed by atoms with Crippen molar-refractivity contribution in [3.8, 4) is 0 Å². The maximum atomic E-state index is 11.7. The summed E-state index contributed by atoms with van der Waals surface area (Å²) in [7, 11) is 0. The van der Waals surface area contributed by atoms with Crippen molar-refractivity contribution in [2.75, 3.05) is 18.4 Å². The summed E-state index contributed by atoms with van der Waals surface area (Å²) in [6.45, 7) is 2.49. The lowest BCUT2D eigenvalue weighted by Gasteiger charge is -2.08. The molecule has 23 heavy (non-hydrogen) atoms. The van der Waals surface area contributed by atoms with Gasteiger partial charge < -0.3 is 10.6 Å². The predicted molar refractivity (Wildman–Crippen MR) is 91.4 cm³/mol. The Morgan fingerprint density at radius 3 is 2.74 bits per heavy atom. The van der Waals surface area contributed by atoms with Gasteiger partial charge in [-0.25, -0.2) is 5.10 Å². The first-order valence-electron chi connectivity index (χ1n) is 7.65. The van der Waals surface area contributed by atoms with Gasteiger partial charge in [-0.3, -0.25) is 9.78 Å². The summed E-state index contributed by atoms with van der Waals surface area (Å²) in [6.07, 6.45) is 4.59. The van der Waals surface area contributed by atoms with Gasteiger partial charge in [0.2, 0.25) is 0 Å². The molecule has 118 valence electrons. The fourth-order valence-electron chi connectivity index (χ4n) is 2.41. The number of anilines is 1. The van der Waals surface area contributed by atoms with Gasteiger partial charge in [-0.15, -0.1) is 0 Å². The number of rotatable bonds is 7. The highest BCUT2D eigenvalue weighted by Crippen LogP contribution is 2.16. The molecule has 0 aliphatic rings. The topological polar surface area (TPSA) is 82.7 Å². The highest BCUT2D eigenvalue weighted by Gasteiger charge is 2.04. The Morgan fingerprint density at radius 1 is 1.04 bits per heavy atom. The second kappa shape index (κ2) is 7.51. The van der Waals surface area contributed by atoms with Crippen LogP contribution in [0.25, 0.3) is 10.8 Å². The van der Waals surface area contributed by atoms with Crippen molar-refractivity contribution in [3.63, 3.8) is 0 Å². The van der Waals surface area contributed by atoms with Crippen LogP contribution in [-0.2, 0) is 6.54 Å². The summed E-state index contributed by atoms with van der Waals surface area (Å²) in [6, 6.07) is 11.4. The van der Waals surface area contributed by atoms with Crippen molar-refractivity contribution in [1.29, 1.82) is 0 Å². The van der Waals surface area contributed by atoms with Crippen LogP contribution >= 0.6 is 0 Å². The third kappa shape index (κ3) is 3.92. The molecule has 0 spiro atoms. The maximum absolute atomic E-state index is 11.7. The highest BCUT2D eigenvalue weighted by molar-refractivity contribution is 5.90. The van der Waals surface area contributed by atoms with Crippen LogP contribution in [0.4, 0.5) is 5.82 Å². The van der Waals surface area contributed by atoms with Crippen LogP contribution in [0.3, 0.4) is 0 Å². The van der Waals surface area contributed by atoms with Crippen LogP contribution < -0.4 is 16.2 Å². The second-order valence-electron chi connectivity index (χ2n) is 5.27. The number of H-pyrrole nitrogens is 1. The van der Waals surface area contributed by atoms with Crippen molar-refractivity contribution >= 4 is 16.6 Å². The van der Waals surface area contributed by atoms with Crippen molar-refractivity contribution in [2.24, 2.45) is 0 Å². The molecule has 2 heterocycles. The molecule has 0 aliphatic heterocycles. The van der Waals surface area contributed by atoms with Crippen LogP contribution in [0.15, 0.2) is 53.6 Å². The fourth-order valence-corrected chi connectivity index (χ4v) is 2.41. The van der Waals surface area contributed by atoms with Gasteiger partial charge in [-0.05, 0) is 30.7 Å². The van der Waals surface area contributed by atoms with E-state index in [2.05, 4.69) is 31.9 Å². The molecule has 3 aromatic rings. The molecular weight excluding hydrogens is 290 g/mol. The zero-order chi connectivity index (χ0) is 15.9. The average Bonchev–Trinajstić information content (AvgIpc) is 2.61. The molecule has 0 fully saturated rings. The molecule has 3 N–H and O–H groups in total. The van der Waals surface area contributed by atoms with Gasteiger partial charge in [0.15, 0.2) is 5.82 Å². The largest absolute Gasteiger partial charge is 0.368 e. The van der Waals surface area contributed by atoms with Crippen LogP contribution in [0.1, 0.15) is 12.0 Å². The molecule has 0 aliphatic carbocycles. The van der Waals surface area contributed by atoms with Gasteiger partial charge in [0.05, 0.1) is 5.39 Å². The first kappa shape index (κ1) is 15.2. The molecule has 3 rings (SSSR count). The van der Waals surface area contributed by atoms with Gasteiger partial charge in [0.1, 0.15) is 0 Å². The molecule has 0 saturated carbocycles. The zero-order valence-electron chi connectivity index (χ0n) is 12.7. The zero-order valence-corrected chi connectivity index (χ0v) is 12.7. The number of pyridine rings is 1. The fraction of sp³-hybridized carbons (Fsp3) is 0.235. The summed E-state index contributed by atoms with van der Waals surface area (Å²) in [5.41, 5.74) is 1.01. The monoisotopic (exact) mass is 309 g/mol. The minimum absolute atomic E-state index is 0.163. The van der Waals surface area contributed by atoms with E-state index >= 15 is 0 Å². The molecule has 6 nitrogen and oxygen atoms in total. The Balaban J connectivity index is 1.48. The third-order valence-electron chi connectivity index (χ3n) is 3.57. The number of hydrogen-bond donors (Lipinski definition) is 3. The molecule has 0 bridgehead atoms. The SMILES string of the molecule is O=c1[nH]nc(NCCCNCc2cccnc2)c2ccccc12. The van der Waals surface area contributed by atoms with Gasteiger partial charge >= 0.3 is 0 Å². The number of fused-ring (bicyclic) bond motifs is 1. The van der Waals surface area contributed by atoms with Gasteiger partial charge in [0.25, 0.3) is 5.56 Å². The number of aromatic nitrogens is 3. The molecule has 0 saturated heterocycles. The lowest BCUT2D eigenvalue weighted by molar-refractivity contribution is 0.661. The Kier molecular flexibility index (Phi) is 4.95. The lowest BCUT2D eigenvalue weighted by Crippen LogP contribution is -2.18. The first-order valence-corrected chi connectivity index (χ1v) is 7.65. The molecule has 0 atom stereocenters. The summed E-state index contributed by atoms with van der Waals surface area (Å²) >= 11 is 0. The maximum Gasteiger partial charge on any atom is 0.272 e. The normalized spacial score (nSPS) is 10.8. The Hall–Kier alpha value is -2.73. The Bertz CT molecular complexity index is 816.